The predicted molar refractivity (Wildman–Crippen MR) is 78.0 cm³/mol. The number of nitrogens with one attached hydrogen (secondary N) is 1. The molecule has 0 aromatic carbocycles. The van der Waals surface area contributed by atoms with Crippen molar-refractivity contribution in [3.05, 3.63) is 10.9 Å². The molecular weight excluding hydrogens is 314 g/mol. The van der Waals surface area contributed by atoms with Crippen molar-refractivity contribution in [3.63, 3.8) is 0 Å². The normalized spacial score (nSPS) is 17.1. The molecule has 2 heterocycles. The van der Waals surface area contributed by atoms with Gasteiger partial charge in [0.15, 0.2) is 5.65 Å². The lowest BCUT2D eigenvalue weighted by Crippen LogP contribution is -2.18. The van der Waals surface area contributed by atoms with Gasteiger partial charge in [0.2, 0.25) is 0 Å². The van der Waals surface area contributed by atoms with Crippen molar-refractivity contribution >= 4 is 44.5 Å². The number of hydrogen-bond acceptors (Lipinski definition) is 5. The van der Waals surface area contributed by atoms with Crippen LogP contribution >= 0.6 is 27.7 Å². The molecule has 0 atom stereocenters. The highest BCUT2D eigenvalue weighted by molar-refractivity contribution is 9.10. The lowest BCUT2D eigenvalue weighted by atomic mass is 10.3. The topological polar surface area (TPSA) is 55.6 Å². The third-order valence-electron chi connectivity index (χ3n) is 3.40. The number of halogens is 1. The van der Waals surface area contributed by atoms with E-state index in [1.165, 1.54) is 12.8 Å². The molecule has 1 N–H and O–H groups in total. The summed E-state index contributed by atoms with van der Waals surface area (Å²) in [4.78, 5) is 8.59. The maximum Gasteiger partial charge on any atom is 0.164 e. The van der Waals surface area contributed by atoms with E-state index in [-0.39, 0.29) is 0 Å². The van der Waals surface area contributed by atoms with Gasteiger partial charge < -0.3 is 5.32 Å². The van der Waals surface area contributed by atoms with Gasteiger partial charge in [-0.3, -0.25) is 0 Å². The third kappa shape index (κ3) is 1.99. The number of anilines is 1. The molecular formula is C11H14BrN5S. The molecule has 2 aromatic heterocycles. The molecule has 0 amide bonds. The first-order valence-corrected chi connectivity index (χ1v) is 7.79. The van der Waals surface area contributed by atoms with E-state index in [1.807, 2.05) is 18.8 Å². The second kappa shape index (κ2) is 4.38. The summed E-state index contributed by atoms with van der Waals surface area (Å²) in [6, 6.07) is 0. The van der Waals surface area contributed by atoms with Crippen LogP contribution < -0.4 is 5.32 Å². The standard InChI is InChI=1S/C11H14BrN5S/c1-17-10-7(8(12)16-17)9(14-6-15-10)13-5-11(18-2)3-4-11/h6H,3-5H2,1-2H3,(H,13,14,15). The Balaban J connectivity index is 1.92. The molecule has 7 heteroatoms. The minimum Gasteiger partial charge on any atom is -0.368 e. The second-order valence-electron chi connectivity index (χ2n) is 4.58. The van der Waals surface area contributed by atoms with Crippen molar-refractivity contribution in [2.24, 2.45) is 7.05 Å². The number of hydrogen-bond donors (Lipinski definition) is 1. The highest BCUT2D eigenvalue weighted by Crippen LogP contribution is 2.47. The van der Waals surface area contributed by atoms with Crippen LogP contribution in [-0.2, 0) is 7.05 Å². The van der Waals surface area contributed by atoms with Crippen LogP contribution in [0.15, 0.2) is 10.9 Å². The molecule has 1 saturated carbocycles. The third-order valence-corrected chi connectivity index (χ3v) is 5.37. The molecule has 5 nitrogen and oxygen atoms in total. The van der Waals surface area contributed by atoms with Gasteiger partial charge in [-0.1, -0.05) is 0 Å². The molecule has 1 aliphatic carbocycles. The first-order chi connectivity index (χ1) is 8.65. The number of rotatable bonds is 4. The lowest BCUT2D eigenvalue weighted by molar-refractivity contribution is 0.777. The molecule has 0 aliphatic heterocycles. The fraction of sp³-hybridized carbons (Fsp3) is 0.545. The summed E-state index contributed by atoms with van der Waals surface area (Å²) in [7, 11) is 1.88. The van der Waals surface area contributed by atoms with Gasteiger partial charge in [-0.05, 0) is 35.0 Å². The number of aromatic nitrogens is 4. The van der Waals surface area contributed by atoms with Crippen LogP contribution in [0.25, 0.3) is 11.0 Å². The van der Waals surface area contributed by atoms with Crippen molar-refractivity contribution < 1.29 is 0 Å². The van der Waals surface area contributed by atoms with Gasteiger partial charge in [-0.2, -0.15) is 16.9 Å². The monoisotopic (exact) mass is 327 g/mol. The van der Waals surface area contributed by atoms with Gasteiger partial charge in [-0.25, -0.2) is 14.6 Å². The Bertz CT molecular complexity index is 592. The van der Waals surface area contributed by atoms with E-state index < -0.39 is 0 Å². The number of thioether (sulfide) groups is 1. The number of nitrogens with zero attached hydrogens (tertiary/aromatic N) is 4. The van der Waals surface area contributed by atoms with Crippen LogP contribution in [0.3, 0.4) is 0 Å². The second-order valence-corrected chi connectivity index (χ2v) is 6.60. The van der Waals surface area contributed by atoms with Gasteiger partial charge in [-0.15, -0.1) is 0 Å². The molecule has 1 fully saturated rings. The van der Waals surface area contributed by atoms with E-state index in [0.717, 1.165) is 28.0 Å². The smallest absolute Gasteiger partial charge is 0.164 e. The van der Waals surface area contributed by atoms with E-state index in [1.54, 1.807) is 11.0 Å². The Kier molecular flexibility index (Phi) is 2.97. The molecule has 0 saturated heterocycles. The zero-order chi connectivity index (χ0) is 12.8. The first-order valence-electron chi connectivity index (χ1n) is 5.77. The zero-order valence-electron chi connectivity index (χ0n) is 10.3. The van der Waals surface area contributed by atoms with Crippen LogP contribution in [-0.4, -0.2) is 37.3 Å². The largest absolute Gasteiger partial charge is 0.368 e. The van der Waals surface area contributed by atoms with Crippen molar-refractivity contribution in [2.45, 2.75) is 17.6 Å². The van der Waals surface area contributed by atoms with Crippen molar-refractivity contribution in [1.82, 2.24) is 19.7 Å². The van der Waals surface area contributed by atoms with E-state index in [0.29, 0.717) is 4.75 Å². The average Bonchev–Trinajstić information content (AvgIpc) is 3.10. The van der Waals surface area contributed by atoms with Gasteiger partial charge in [0.1, 0.15) is 16.7 Å². The summed E-state index contributed by atoms with van der Waals surface area (Å²) in [6.07, 6.45) is 6.31. The lowest BCUT2D eigenvalue weighted by Gasteiger charge is -2.13. The fourth-order valence-corrected chi connectivity index (χ4v) is 3.34. The molecule has 3 rings (SSSR count). The average molecular weight is 328 g/mol. The maximum absolute atomic E-state index is 4.33. The Morgan fingerprint density at radius 3 is 2.94 bits per heavy atom. The summed E-state index contributed by atoms with van der Waals surface area (Å²) in [5.41, 5.74) is 0.841. The molecule has 0 spiro atoms. The van der Waals surface area contributed by atoms with Gasteiger partial charge >= 0.3 is 0 Å². The zero-order valence-corrected chi connectivity index (χ0v) is 12.7. The van der Waals surface area contributed by atoms with E-state index >= 15 is 0 Å². The molecule has 0 unspecified atom stereocenters. The number of fused-ring (bicyclic) bond motifs is 1. The first kappa shape index (κ1) is 12.2. The Hall–Kier alpha value is -0.820. The quantitative estimate of drug-likeness (QED) is 0.934. The Labute approximate surface area is 118 Å². The van der Waals surface area contributed by atoms with E-state index in [4.69, 9.17) is 0 Å². The van der Waals surface area contributed by atoms with Gasteiger partial charge in [0, 0.05) is 18.3 Å². The highest BCUT2D eigenvalue weighted by atomic mass is 79.9. The van der Waals surface area contributed by atoms with Gasteiger partial charge in [0.25, 0.3) is 0 Å². The Morgan fingerprint density at radius 1 is 1.50 bits per heavy atom. The molecule has 0 radical (unpaired) electrons. The fourth-order valence-electron chi connectivity index (χ4n) is 2.01. The summed E-state index contributed by atoms with van der Waals surface area (Å²) >= 11 is 5.40. The van der Waals surface area contributed by atoms with Crippen LogP contribution in [0.1, 0.15) is 12.8 Å². The van der Waals surface area contributed by atoms with E-state index in [2.05, 4.69) is 42.6 Å². The molecule has 96 valence electrons. The van der Waals surface area contributed by atoms with Crippen molar-refractivity contribution in [3.8, 4) is 0 Å². The Morgan fingerprint density at radius 2 is 2.28 bits per heavy atom. The minimum atomic E-state index is 0.409. The summed E-state index contributed by atoms with van der Waals surface area (Å²) in [6.45, 7) is 0.946. The van der Waals surface area contributed by atoms with Crippen LogP contribution in [0, 0.1) is 0 Å². The summed E-state index contributed by atoms with van der Waals surface area (Å²) in [5, 5.41) is 8.71. The van der Waals surface area contributed by atoms with Crippen LogP contribution in [0.5, 0.6) is 0 Å². The predicted octanol–water partition coefficient (Wildman–Crippen LogP) is 2.43. The molecule has 18 heavy (non-hydrogen) atoms. The maximum atomic E-state index is 4.33. The summed E-state index contributed by atoms with van der Waals surface area (Å²) in [5.74, 6) is 0.861. The molecule has 1 aliphatic rings. The SMILES string of the molecule is CSC1(CNc2ncnc3c2c(Br)nn3C)CC1. The van der Waals surface area contributed by atoms with Crippen LogP contribution in [0.4, 0.5) is 5.82 Å². The molecule has 0 bridgehead atoms. The molecule has 2 aromatic rings. The van der Waals surface area contributed by atoms with Crippen molar-refractivity contribution in [1.29, 1.82) is 0 Å². The summed E-state index contributed by atoms with van der Waals surface area (Å²) < 4.78 is 2.96. The minimum absolute atomic E-state index is 0.409. The number of aryl methyl sites for hydroxylation is 1. The highest BCUT2D eigenvalue weighted by Gasteiger charge is 2.41. The van der Waals surface area contributed by atoms with Crippen LogP contribution in [0.2, 0.25) is 0 Å². The van der Waals surface area contributed by atoms with E-state index in [9.17, 15) is 0 Å². The van der Waals surface area contributed by atoms with Gasteiger partial charge in [0.05, 0.1) is 5.39 Å². The van der Waals surface area contributed by atoms with Crippen molar-refractivity contribution in [2.75, 3.05) is 18.1 Å².